The predicted octanol–water partition coefficient (Wildman–Crippen LogP) is 6.52. The molecule has 0 aromatic heterocycles. The van der Waals surface area contributed by atoms with E-state index in [2.05, 4.69) is 21.2 Å². The number of hydrogen-bond donors (Lipinski definition) is 1. The van der Waals surface area contributed by atoms with E-state index in [0.29, 0.717) is 12.3 Å². The van der Waals surface area contributed by atoms with Crippen LogP contribution in [-0.4, -0.2) is 51.4 Å². The number of aryl methyl sites for hydroxylation is 1. The molecule has 4 aromatic rings. The summed E-state index contributed by atoms with van der Waals surface area (Å²) in [4.78, 5) is 30.0. The molecule has 4 rings (SSSR count). The van der Waals surface area contributed by atoms with Crippen LogP contribution in [0.4, 0.5) is 5.69 Å². The number of amides is 2. The summed E-state index contributed by atoms with van der Waals surface area (Å²) in [5, 5.41) is 3.01. The number of hydrogen-bond acceptors (Lipinski definition) is 5. The highest BCUT2D eigenvalue weighted by molar-refractivity contribution is 9.10. The van der Waals surface area contributed by atoms with E-state index in [1.807, 2.05) is 68.4 Å². The lowest BCUT2D eigenvalue weighted by Crippen LogP contribution is -2.53. The lowest BCUT2D eigenvalue weighted by atomic mass is 10.0. The van der Waals surface area contributed by atoms with E-state index in [4.69, 9.17) is 4.74 Å². The molecule has 46 heavy (non-hydrogen) atoms. The van der Waals surface area contributed by atoms with Crippen molar-refractivity contribution in [3.05, 3.63) is 124 Å². The van der Waals surface area contributed by atoms with Gasteiger partial charge in [-0.15, -0.1) is 0 Å². The van der Waals surface area contributed by atoms with Crippen molar-refractivity contribution < 1.29 is 22.7 Å². The smallest absolute Gasteiger partial charge is 0.264 e. The minimum absolute atomic E-state index is 0.0365. The van der Waals surface area contributed by atoms with Gasteiger partial charge in [-0.25, -0.2) is 8.42 Å². The van der Waals surface area contributed by atoms with Crippen molar-refractivity contribution in [1.82, 2.24) is 10.2 Å². The second-order valence-electron chi connectivity index (χ2n) is 11.0. The van der Waals surface area contributed by atoms with Gasteiger partial charge < -0.3 is 15.0 Å². The summed E-state index contributed by atoms with van der Waals surface area (Å²) in [5.74, 6) is -0.535. The molecule has 0 heterocycles. The van der Waals surface area contributed by atoms with E-state index in [1.165, 1.54) is 24.1 Å². The second-order valence-corrected chi connectivity index (χ2v) is 13.8. The number of carbonyl (C=O) groups is 2. The first-order valence-corrected chi connectivity index (χ1v) is 17.4. The SMILES string of the molecule is CCCCNC(=O)[C@H](Cc1ccccc1)N(Cc1ccc(Br)cc1)C(=O)CN(c1ccccc1OC)S(=O)(=O)c1ccc(C)cc1. The first-order chi connectivity index (χ1) is 22.1. The average Bonchev–Trinajstić information content (AvgIpc) is 3.06. The standard InChI is InChI=1S/C36H40BrN3O5S/c1-4-5-23-38-36(42)33(24-28-11-7-6-8-12-28)39(25-29-17-19-30(37)20-18-29)35(41)26-40(32-13-9-10-14-34(32)45-3)46(43,44)31-21-15-27(2)16-22-31/h6-22,33H,4-5,23-26H2,1-3H3,(H,38,42)/t33-/m0/s1. The van der Waals surface area contributed by atoms with Crippen LogP contribution in [0.1, 0.15) is 36.5 Å². The Morgan fingerprint density at radius 2 is 1.52 bits per heavy atom. The van der Waals surface area contributed by atoms with E-state index in [0.717, 1.165) is 38.3 Å². The Bertz CT molecular complexity index is 1700. The molecule has 242 valence electrons. The Hall–Kier alpha value is -4.15. The molecule has 0 fully saturated rings. The van der Waals surface area contributed by atoms with Gasteiger partial charge in [0.25, 0.3) is 10.0 Å². The zero-order chi connectivity index (χ0) is 33.1. The predicted molar refractivity (Wildman–Crippen MR) is 185 cm³/mol. The summed E-state index contributed by atoms with van der Waals surface area (Å²) in [6, 6.07) is 29.2. The maximum atomic E-state index is 14.6. The molecule has 1 atom stereocenters. The summed E-state index contributed by atoms with van der Waals surface area (Å²) in [5.41, 5.74) is 2.79. The molecule has 0 radical (unpaired) electrons. The van der Waals surface area contributed by atoms with Gasteiger partial charge in [0.1, 0.15) is 18.3 Å². The molecule has 0 aliphatic carbocycles. The molecule has 0 aliphatic heterocycles. The third-order valence-electron chi connectivity index (χ3n) is 7.61. The fraction of sp³-hybridized carbons (Fsp3) is 0.278. The molecule has 0 bridgehead atoms. The van der Waals surface area contributed by atoms with Crippen molar-refractivity contribution in [2.45, 2.75) is 50.6 Å². The molecule has 0 aliphatic rings. The molecule has 2 amide bonds. The summed E-state index contributed by atoms with van der Waals surface area (Å²) in [7, 11) is -2.78. The molecule has 0 saturated carbocycles. The van der Waals surface area contributed by atoms with E-state index in [-0.39, 0.29) is 29.5 Å². The minimum Gasteiger partial charge on any atom is -0.495 e. The number of rotatable bonds is 15. The highest BCUT2D eigenvalue weighted by Crippen LogP contribution is 2.33. The quantitative estimate of drug-likeness (QED) is 0.142. The Balaban J connectivity index is 1.81. The Labute approximate surface area is 280 Å². The molecule has 0 saturated heterocycles. The summed E-state index contributed by atoms with van der Waals surface area (Å²) >= 11 is 3.46. The molecule has 4 aromatic carbocycles. The number of anilines is 1. The average molecular weight is 707 g/mol. The van der Waals surface area contributed by atoms with Crippen molar-refractivity contribution in [3.8, 4) is 5.75 Å². The molecule has 8 nitrogen and oxygen atoms in total. The molecule has 0 spiro atoms. The fourth-order valence-electron chi connectivity index (χ4n) is 5.03. The lowest BCUT2D eigenvalue weighted by molar-refractivity contribution is -0.140. The number of para-hydroxylation sites is 2. The Morgan fingerprint density at radius 3 is 2.17 bits per heavy atom. The maximum Gasteiger partial charge on any atom is 0.264 e. The monoisotopic (exact) mass is 705 g/mol. The number of halogens is 1. The molecular weight excluding hydrogens is 666 g/mol. The number of carbonyl (C=O) groups excluding carboxylic acids is 2. The van der Waals surface area contributed by atoms with Crippen LogP contribution in [0.3, 0.4) is 0 Å². The van der Waals surface area contributed by atoms with Gasteiger partial charge >= 0.3 is 0 Å². The van der Waals surface area contributed by atoms with Crippen LogP contribution < -0.4 is 14.4 Å². The fourth-order valence-corrected chi connectivity index (χ4v) is 6.72. The number of nitrogens with one attached hydrogen (secondary N) is 1. The molecular formula is C36H40BrN3O5S. The summed E-state index contributed by atoms with van der Waals surface area (Å²) in [6.45, 7) is 3.92. The number of ether oxygens (including phenoxy) is 1. The van der Waals surface area contributed by atoms with Crippen LogP contribution in [-0.2, 0) is 32.6 Å². The molecule has 10 heteroatoms. The van der Waals surface area contributed by atoms with Crippen LogP contribution in [0.2, 0.25) is 0 Å². The summed E-state index contributed by atoms with van der Waals surface area (Å²) < 4.78 is 36.0. The van der Waals surface area contributed by atoms with E-state index in [1.54, 1.807) is 36.4 Å². The maximum absolute atomic E-state index is 14.6. The first-order valence-electron chi connectivity index (χ1n) is 15.2. The molecule has 0 unspecified atom stereocenters. The van der Waals surface area contributed by atoms with Gasteiger partial charge in [0.15, 0.2) is 0 Å². The Morgan fingerprint density at radius 1 is 0.870 bits per heavy atom. The first kappa shape index (κ1) is 34.7. The third kappa shape index (κ3) is 8.98. The van der Waals surface area contributed by atoms with Crippen molar-refractivity contribution in [3.63, 3.8) is 0 Å². The van der Waals surface area contributed by atoms with E-state index in [9.17, 15) is 18.0 Å². The minimum atomic E-state index is -4.23. The highest BCUT2D eigenvalue weighted by atomic mass is 79.9. The van der Waals surface area contributed by atoms with E-state index >= 15 is 0 Å². The van der Waals surface area contributed by atoms with E-state index < -0.39 is 28.5 Å². The van der Waals surface area contributed by atoms with Crippen LogP contribution in [0.15, 0.2) is 112 Å². The number of benzene rings is 4. The van der Waals surface area contributed by atoms with Crippen molar-refractivity contribution in [1.29, 1.82) is 0 Å². The van der Waals surface area contributed by atoms with Gasteiger partial charge in [0.05, 0.1) is 17.7 Å². The van der Waals surface area contributed by atoms with Gasteiger partial charge in [-0.1, -0.05) is 102 Å². The largest absolute Gasteiger partial charge is 0.495 e. The van der Waals surface area contributed by atoms with Crippen molar-refractivity contribution in [2.75, 3.05) is 24.5 Å². The van der Waals surface area contributed by atoms with Crippen molar-refractivity contribution in [2.24, 2.45) is 0 Å². The van der Waals surface area contributed by atoms with Crippen LogP contribution in [0.25, 0.3) is 0 Å². The van der Waals surface area contributed by atoms with Crippen LogP contribution >= 0.6 is 15.9 Å². The van der Waals surface area contributed by atoms with Gasteiger partial charge in [-0.2, -0.15) is 0 Å². The molecule has 1 N–H and O–H groups in total. The Kier molecular flexibility index (Phi) is 12.4. The second kappa shape index (κ2) is 16.4. The highest BCUT2D eigenvalue weighted by Gasteiger charge is 2.35. The number of nitrogens with zero attached hydrogens (tertiary/aromatic N) is 2. The van der Waals surface area contributed by atoms with Crippen molar-refractivity contribution >= 4 is 43.5 Å². The van der Waals surface area contributed by atoms with Crippen LogP contribution in [0, 0.1) is 6.92 Å². The number of methoxy groups -OCH3 is 1. The van der Waals surface area contributed by atoms with Gasteiger partial charge in [0, 0.05) is 24.0 Å². The third-order valence-corrected chi connectivity index (χ3v) is 9.91. The normalized spacial score (nSPS) is 11.8. The van der Waals surface area contributed by atoms with Gasteiger partial charge in [0.2, 0.25) is 11.8 Å². The number of unbranched alkanes of at least 4 members (excludes halogenated alkanes) is 1. The lowest BCUT2D eigenvalue weighted by Gasteiger charge is -2.34. The topological polar surface area (TPSA) is 96.0 Å². The zero-order valence-electron chi connectivity index (χ0n) is 26.4. The van der Waals surface area contributed by atoms with Gasteiger partial charge in [-0.05, 0) is 60.9 Å². The number of sulfonamides is 1. The zero-order valence-corrected chi connectivity index (χ0v) is 28.8. The van der Waals surface area contributed by atoms with Gasteiger partial charge in [-0.3, -0.25) is 13.9 Å². The summed E-state index contributed by atoms with van der Waals surface area (Å²) in [6.07, 6.45) is 1.94. The van der Waals surface area contributed by atoms with Crippen LogP contribution in [0.5, 0.6) is 5.75 Å².